The Morgan fingerprint density at radius 2 is 2.27 bits per heavy atom. The van der Waals surface area contributed by atoms with Crippen molar-refractivity contribution in [3.63, 3.8) is 0 Å². The van der Waals surface area contributed by atoms with E-state index in [4.69, 9.17) is 4.52 Å². The molecule has 2 N–H and O–H groups in total. The fraction of sp³-hybridized carbons (Fsp3) is 0.467. The Balaban J connectivity index is 1.73. The minimum Gasteiger partial charge on any atom is -0.344 e. The molecule has 22 heavy (non-hydrogen) atoms. The van der Waals surface area contributed by atoms with Crippen molar-refractivity contribution in [1.29, 1.82) is 0 Å². The smallest absolute Gasteiger partial charge is 0.249 e. The van der Waals surface area contributed by atoms with E-state index >= 15 is 0 Å². The molecule has 1 saturated heterocycles. The summed E-state index contributed by atoms with van der Waals surface area (Å²) in [5, 5.41) is 10.3. The Bertz CT molecular complexity index is 740. The third-order valence-corrected chi connectivity index (χ3v) is 4.29. The van der Waals surface area contributed by atoms with Crippen LogP contribution in [0.15, 0.2) is 10.7 Å². The molecule has 1 atom stereocenters. The van der Waals surface area contributed by atoms with Gasteiger partial charge in [0.15, 0.2) is 0 Å². The van der Waals surface area contributed by atoms with E-state index in [2.05, 4.69) is 25.8 Å². The summed E-state index contributed by atoms with van der Waals surface area (Å²) in [5.41, 5.74) is 4.31. The predicted molar refractivity (Wildman–Crippen MR) is 77.8 cm³/mol. The molecular formula is C15H17N5O2. The number of nitrogens with one attached hydrogen (secondary N) is 2. The SMILES string of the molecule is Cc1ncc2c(c1-c1noc([C@H]3CCC(=O)N3)n1)CCNC2. The maximum Gasteiger partial charge on any atom is 0.249 e. The van der Waals surface area contributed by atoms with E-state index in [1.54, 1.807) is 0 Å². The number of fused-ring (bicyclic) bond motifs is 1. The van der Waals surface area contributed by atoms with Gasteiger partial charge >= 0.3 is 0 Å². The van der Waals surface area contributed by atoms with Crippen LogP contribution >= 0.6 is 0 Å². The molecule has 114 valence electrons. The number of hydrogen-bond acceptors (Lipinski definition) is 6. The third kappa shape index (κ3) is 2.18. The zero-order chi connectivity index (χ0) is 15.1. The third-order valence-electron chi connectivity index (χ3n) is 4.29. The molecule has 0 bridgehead atoms. The van der Waals surface area contributed by atoms with Crippen molar-refractivity contribution < 1.29 is 9.32 Å². The normalized spacial score (nSPS) is 20.8. The van der Waals surface area contributed by atoms with Crippen molar-refractivity contribution in [2.75, 3.05) is 6.54 Å². The molecule has 0 saturated carbocycles. The van der Waals surface area contributed by atoms with Crippen LogP contribution in [-0.4, -0.2) is 27.6 Å². The van der Waals surface area contributed by atoms with Crippen LogP contribution in [0.2, 0.25) is 0 Å². The lowest BCUT2D eigenvalue weighted by molar-refractivity contribution is -0.119. The van der Waals surface area contributed by atoms with E-state index in [9.17, 15) is 4.79 Å². The monoisotopic (exact) mass is 299 g/mol. The van der Waals surface area contributed by atoms with Gasteiger partial charge in [-0.15, -0.1) is 0 Å². The number of hydrogen-bond donors (Lipinski definition) is 2. The average molecular weight is 299 g/mol. The lowest BCUT2D eigenvalue weighted by Gasteiger charge is -2.19. The lowest BCUT2D eigenvalue weighted by Crippen LogP contribution is -2.25. The van der Waals surface area contributed by atoms with Crippen molar-refractivity contribution in [3.8, 4) is 11.4 Å². The van der Waals surface area contributed by atoms with Crippen LogP contribution in [0.5, 0.6) is 0 Å². The van der Waals surface area contributed by atoms with Gasteiger partial charge in [-0.25, -0.2) is 0 Å². The molecule has 0 spiro atoms. The van der Waals surface area contributed by atoms with Crippen LogP contribution in [0.3, 0.4) is 0 Å². The van der Waals surface area contributed by atoms with E-state index < -0.39 is 0 Å². The standard InChI is InChI=1S/C15H17N5O2/c1-8-13(10-4-5-16-6-9(10)7-17-8)14-19-15(22-20-14)11-2-3-12(21)18-11/h7,11,16H,2-6H2,1H3,(H,18,21)/t11-/m1/s1. The molecule has 0 unspecified atom stereocenters. The Labute approximate surface area is 127 Å². The largest absolute Gasteiger partial charge is 0.344 e. The summed E-state index contributed by atoms with van der Waals surface area (Å²) < 4.78 is 5.38. The zero-order valence-corrected chi connectivity index (χ0v) is 12.3. The quantitative estimate of drug-likeness (QED) is 0.860. The molecule has 0 aliphatic carbocycles. The Morgan fingerprint density at radius 1 is 1.36 bits per heavy atom. The van der Waals surface area contributed by atoms with E-state index in [1.807, 2.05) is 13.1 Å². The fourth-order valence-electron chi connectivity index (χ4n) is 3.14. The Morgan fingerprint density at radius 3 is 3.09 bits per heavy atom. The maximum absolute atomic E-state index is 11.3. The first-order chi connectivity index (χ1) is 10.7. The van der Waals surface area contributed by atoms with Crippen molar-refractivity contribution in [3.05, 3.63) is 28.9 Å². The lowest BCUT2D eigenvalue weighted by atomic mass is 9.95. The minimum absolute atomic E-state index is 0.0331. The number of carbonyl (C=O) groups is 1. The second-order valence-corrected chi connectivity index (χ2v) is 5.76. The number of aromatic nitrogens is 3. The summed E-state index contributed by atoms with van der Waals surface area (Å²) in [4.78, 5) is 20.3. The number of rotatable bonds is 2. The summed E-state index contributed by atoms with van der Waals surface area (Å²) in [6.07, 6.45) is 4.06. The summed E-state index contributed by atoms with van der Waals surface area (Å²) in [6, 6.07) is -0.164. The Hall–Kier alpha value is -2.28. The average Bonchev–Trinajstić information content (AvgIpc) is 3.16. The molecule has 0 radical (unpaired) electrons. The molecule has 7 nitrogen and oxygen atoms in total. The first kappa shape index (κ1) is 13.4. The van der Waals surface area contributed by atoms with Gasteiger partial charge in [0.05, 0.1) is 0 Å². The highest BCUT2D eigenvalue weighted by Gasteiger charge is 2.28. The van der Waals surface area contributed by atoms with Crippen molar-refractivity contribution >= 4 is 5.91 Å². The van der Waals surface area contributed by atoms with Crippen LogP contribution in [0.1, 0.15) is 41.6 Å². The molecule has 1 amide bonds. The highest BCUT2D eigenvalue weighted by molar-refractivity contribution is 5.78. The van der Waals surface area contributed by atoms with Gasteiger partial charge < -0.3 is 15.2 Å². The molecule has 2 aliphatic heterocycles. The number of carbonyl (C=O) groups excluding carboxylic acids is 1. The number of nitrogens with zero attached hydrogens (tertiary/aromatic N) is 3. The summed E-state index contributed by atoms with van der Waals surface area (Å²) >= 11 is 0. The highest BCUT2D eigenvalue weighted by atomic mass is 16.5. The van der Waals surface area contributed by atoms with Crippen molar-refractivity contribution in [2.45, 2.75) is 38.8 Å². The van der Waals surface area contributed by atoms with Gasteiger partial charge in [-0.05, 0) is 37.4 Å². The molecule has 2 aromatic heterocycles. The second kappa shape index (κ2) is 5.17. The molecule has 4 rings (SSSR count). The van der Waals surface area contributed by atoms with Gasteiger partial charge in [0.2, 0.25) is 17.6 Å². The van der Waals surface area contributed by atoms with E-state index in [0.717, 1.165) is 30.8 Å². The predicted octanol–water partition coefficient (Wildman–Crippen LogP) is 1.04. The molecule has 2 aromatic rings. The summed E-state index contributed by atoms with van der Waals surface area (Å²) in [7, 11) is 0. The second-order valence-electron chi connectivity index (χ2n) is 5.76. The first-order valence-corrected chi connectivity index (χ1v) is 7.54. The Kier molecular flexibility index (Phi) is 3.15. The summed E-state index contributed by atoms with van der Waals surface area (Å²) in [6.45, 7) is 3.72. The van der Waals surface area contributed by atoms with Crippen LogP contribution in [0, 0.1) is 6.92 Å². The fourth-order valence-corrected chi connectivity index (χ4v) is 3.14. The van der Waals surface area contributed by atoms with Gasteiger partial charge in [-0.3, -0.25) is 9.78 Å². The molecule has 4 heterocycles. The maximum atomic E-state index is 11.3. The minimum atomic E-state index is -0.164. The van der Waals surface area contributed by atoms with E-state index in [-0.39, 0.29) is 11.9 Å². The van der Waals surface area contributed by atoms with Crippen molar-refractivity contribution in [1.82, 2.24) is 25.8 Å². The van der Waals surface area contributed by atoms with Crippen LogP contribution in [0.4, 0.5) is 0 Å². The van der Waals surface area contributed by atoms with E-state index in [0.29, 0.717) is 24.6 Å². The van der Waals surface area contributed by atoms with Gasteiger partial charge in [0, 0.05) is 30.4 Å². The van der Waals surface area contributed by atoms with Gasteiger partial charge in [0.1, 0.15) is 6.04 Å². The highest BCUT2D eigenvalue weighted by Crippen LogP contribution is 2.30. The van der Waals surface area contributed by atoms with Crippen LogP contribution in [-0.2, 0) is 17.8 Å². The van der Waals surface area contributed by atoms with Gasteiger partial charge in [-0.2, -0.15) is 4.98 Å². The zero-order valence-electron chi connectivity index (χ0n) is 12.3. The van der Waals surface area contributed by atoms with E-state index in [1.165, 1.54) is 11.1 Å². The molecular weight excluding hydrogens is 282 g/mol. The van der Waals surface area contributed by atoms with Gasteiger partial charge in [0.25, 0.3) is 0 Å². The van der Waals surface area contributed by atoms with Gasteiger partial charge in [-0.1, -0.05) is 5.16 Å². The molecule has 7 heteroatoms. The first-order valence-electron chi connectivity index (χ1n) is 7.54. The summed E-state index contributed by atoms with van der Waals surface area (Å²) in [5.74, 6) is 1.08. The number of pyridine rings is 1. The molecule has 1 fully saturated rings. The number of aryl methyl sites for hydroxylation is 1. The molecule has 0 aromatic carbocycles. The number of amides is 1. The topological polar surface area (TPSA) is 92.9 Å². The van der Waals surface area contributed by atoms with Crippen molar-refractivity contribution in [2.24, 2.45) is 0 Å². The van der Waals surface area contributed by atoms with Crippen LogP contribution in [0.25, 0.3) is 11.4 Å². The van der Waals surface area contributed by atoms with Crippen LogP contribution < -0.4 is 10.6 Å². The molecule has 2 aliphatic rings.